The monoisotopic (exact) mass is 408 g/mol. The van der Waals surface area contributed by atoms with E-state index in [-0.39, 0.29) is 11.9 Å². The minimum atomic E-state index is -2.66. The maximum Gasteiger partial charge on any atom is 0.272 e. The predicted molar refractivity (Wildman–Crippen MR) is 96.1 cm³/mol. The summed E-state index contributed by atoms with van der Waals surface area (Å²) in [5.74, 6) is -0.441. The van der Waals surface area contributed by atoms with Crippen LogP contribution in [0.4, 0.5) is 18.9 Å². The molecule has 11 heteroatoms. The summed E-state index contributed by atoms with van der Waals surface area (Å²) >= 11 is 1.09. The van der Waals surface area contributed by atoms with E-state index in [2.05, 4.69) is 23.7 Å². The predicted octanol–water partition coefficient (Wildman–Crippen LogP) is 3.30. The molecule has 0 spiro atoms. The van der Waals surface area contributed by atoms with Gasteiger partial charge in [-0.25, -0.2) is 18.7 Å². The average molecular weight is 408 g/mol. The summed E-state index contributed by atoms with van der Waals surface area (Å²) in [5.41, 5.74) is 2.93. The summed E-state index contributed by atoms with van der Waals surface area (Å²) in [7, 11) is 0. The van der Waals surface area contributed by atoms with Gasteiger partial charge in [-0.2, -0.15) is 18.1 Å². The smallest absolute Gasteiger partial charge is 0.272 e. The van der Waals surface area contributed by atoms with Crippen molar-refractivity contribution in [1.82, 2.24) is 23.7 Å². The van der Waals surface area contributed by atoms with Crippen molar-refractivity contribution in [3.05, 3.63) is 41.7 Å². The van der Waals surface area contributed by atoms with Crippen LogP contribution in [0.3, 0.4) is 0 Å². The summed E-state index contributed by atoms with van der Waals surface area (Å²) < 4.78 is 51.6. The number of ether oxygens (including phenoxy) is 1. The topological polar surface area (TPSA) is 76.9 Å². The lowest BCUT2D eigenvalue weighted by atomic mass is 9.99. The SMILES string of the molecule is CC1c2cnc(-c3cnsn3)nc2CCN1c1cc(F)nc(OCC(F)F)c1. The zero-order valence-electron chi connectivity index (χ0n) is 14.7. The van der Waals surface area contributed by atoms with Crippen LogP contribution in [-0.4, -0.2) is 43.3 Å². The van der Waals surface area contributed by atoms with Gasteiger partial charge in [0.25, 0.3) is 6.43 Å². The van der Waals surface area contributed by atoms with Crippen LogP contribution in [0.25, 0.3) is 11.5 Å². The van der Waals surface area contributed by atoms with E-state index in [0.717, 1.165) is 23.0 Å². The summed E-state index contributed by atoms with van der Waals surface area (Å²) in [4.78, 5) is 14.4. The fraction of sp³-hybridized carbons (Fsp3) is 0.353. The molecular weight excluding hydrogens is 393 g/mol. The Morgan fingerprint density at radius 2 is 2.14 bits per heavy atom. The fourth-order valence-electron chi connectivity index (χ4n) is 3.15. The highest BCUT2D eigenvalue weighted by Crippen LogP contribution is 2.34. The zero-order chi connectivity index (χ0) is 19.7. The minimum absolute atomic E-state index is 0.142. The standard InChI is InChI=1S/C17H15F3N6OS/c1-9-11-6-21-17(13-7-22-28-25-13)23-12(11)2-3-26(9)10-4-15(20)24-16(5-10)27-8-14(18)19/h4-7,9,14H,2-3,8H2,1H3. The normalized spacial score (nSPS) is 16.3. The molecule has 0 amide bonds. The number of hydrogen-bond acceptors (Lipinski definition) is 8. The number of alkyl halides is 2. The van der Waals surface area contributed by atoms with Crippen molar-refractivity contribution >= 4 is 17.4 Å². The van der Waals surface area contributed by atoms with E-state index >= 15 is 0 Å². The van der Waals surface area contributed by atoms with Gasteiger partial charge in [0.15, 0.2) is 12.4 Å². The first-order valence-corrected chi connectivity index (χ1v) is 9.23. The highest BCUT2D eigenvalue weighted by Gasteiger charge is 2.27. The molecule has 1 aliphatic rings. The first-order chi connectivity index (χ1) is 13.5. The summed E-state index contributed by atoms with van der Waals surface area (Å²) in [6, 6.07) is 2.58. The van der Waals surface area contributed by atoms with Crippen LogP contribution in [0.1, 0.15) is 24.2 Å². The van der Waals surface area contributed by atoms with Crippen molar-refractivity contribution in [3.63, 3.8) is 0 Å². The number of fused-ring (bicyclic) bond motifs is 1. The maximum atomic E-state index is 13.9. The molecule has 7 nitrogen and oxygen atoms in total. The van der Waals surface area contributed by atoms with Gasteiger partial charge < -0.3 is 9.64 Å². The molecule has 0 saturated heterocycles. The van der Waals surface area contributed by atoms with E-state index in [0.29, 0.717) is 30.2 Å². The molecule has 4 rings (SSSR count). The van der Waals surface area contributed by atoms with E-state index < -0.39 is 19.0 Å². The van der Waals surface area contributed by atoms with E-state index in [1.54, 1.807) is 12.4 Å². The van der Waals surface area contributed by atoms with Crippen molar-refractivity contribution in [2.75, 3.05) is 18.1 Å². The first-order valence-electron chi connectivity index (χ1n) is 8.50. The highest BCUT2D eigenvalue weighted by molar-refractivity contribution is 6.99. The maximum absolute atomic E-state index is 13.9. The second kappa shape index (κ2) is 7.66. The largest absolute Gasteiger partial charge is 0.471 e. The lowest BCUT2D eigenvalue weighted by molar-refractivity contribution is 0.0791. The molecule has 0 bridgehead atoms. The van der Waals surface area contributed by atoms with Crippen LogP contribution in [0.15, 0.2) is 24.5 Å². The molecule has 1 atom stereocenters. The Balaban J connectivity index is 1.60. The van der Waals surface area contributed by atoms with Crippen LogP contribution in [0.2, 0.25) is 0 Å². The lowest BCUT2D eigenvalue weighted by Gasteiger charge is -2.36. The average Bonchev–Trinajstić information content (AvgIpc) is 3.21. The van der Waals surface area contributed by atoms with Gasteiger partial charge in [-0.15, -0.1) is 0 Å². The number of halogens is 3. The second-order valence-corrected chi connectivity index (χ2v) is 6.75. The van der Waals surface area contributed by atoms with Crippen LogP contribution in [-0.2, 0) is 6.42 Å². The quantitative estimate of drug-likeness (QED) is 0.600. The van der Waals surface area contributed by atoms with Crippen LogP contribution < -0.4 is 9.64 Å². The Morgan fingerprint density at radius 3 is 2.89 bits per heavy atom. The van der Waals surface area contributed by atoms with Gasteiger partial charge in [0.05, 0.1) is 29.7 Å². The molecule has 28 heavy (non-hydrogen) atoms. The molecule has 1 unspecified atom stereocenters. The van der Waals surface area contributed by atoms with Crippen molar-refractivity contribution in [3.8, 4) is 17.4 Å². The molecule has 0 radical (unpaired) electrons. The van der Waals surface area contributed by atoms with Gasteiger partial charge in [0.1, 0.15) is 5.69 Å². The Morgan fingerprint density at radius 1 is 1.29 bits per heavy atom. The van der Waals surface area contributed by atoms with Crippen molar-refractivity contribution in [2.45, 2.75) is 25.8 Å². The second-order valence-electron chi connectivity index (χ2n) is 6.20. The molecule has 3 aromatic rings. The van der Waals surface area contributed by atoms with E-state index in [1.165, 1.54) is 12.1 Å². The molecule has 1 aliphatic heterocycles. The molecule has 0 N–H and O–H groups in total. The van der Waals surface area contributed by atoms with E-state index in [1.807, 2.05) is 11.8 Å². The number of nitrogens with zero attached hydrogens (tertiary/aromatic N) is 6. The zero-order valence-corrected chi connectivity index (χ0v) is 15.5. The molecule has 0 saturated carbocycles. The van der Waals surface area contributed by atoms with Crippen molar-refractivity contribution in [2.24, 2.45) is 0 Å². The molecule has 0 aliphatic carbocycles. The van der Waals surface area contributed by atoms with Crippen LogP contribution in [0, 0.1) is 5.95 Å². The molecule has 0 fully saturated rings. The van der Waals surface area contributed by atoms with E-state index in [9.17, 15) is 13.2 Å². The van der Waals surface area contributed by atoms with Gasteiger partial charge >= 0.3 is 0 Å². The number of aromatic nitrogens is 5. The third-order valence-corrected chi connectivity index (χ3v) is 4.92. The molecule has 0 aromatic carbocycles. The van der Waals surface area contributed by atoms with Gasteiger partial charge in [-0.3, -0.25) is 0 Å². The molecular formula is C17H15F3N6OS. The number of pyridine rings is 1. The Labute approximate surface area is 162 Å². The third kappa shape index (κ3) is 3.75. The minimum Gasteiger partial charge on any atom is -0.471 e. The van der Waals surface area contributed by atoms with Crippen LogP contribution >= 0.6 is 11.7 Å². The molecule has 4 heterocycles. The summed E-state index contributed by atoms with van der Waals surface area (Å²) in [6.45, 7) is 1.68. The Kier molecular flexibility index (Phi) is 5.07. The van der Waals surface area contributed by atoms with Crippen LogP contribution in [0.5, 0.6) is 5.88 Å². The molecule has 3 aromatic heterocycles. The summed E-state index contributed by atoms with van der Waals surface area (Å²) in [6.07, 6.45) is 1.31. The third-order valence-electron chi connectivity index (χ3n) is 4.44. The van der Waals surface area contributed by atoms with Crippen molar-refractivity contribution < 1.29 is 17.9 Å². The number of hydrogen-bond donors (Lipinski definition) is 0. The fourth-order valence-corrected chi connectivity index (χ4v) is 3.56. The van der Waals surface area contributed by atoms with Gasteiger partial charge in [0, 0.05) is 42.5 Å². The highest BCUT2D eigenvalue weighted by atomic mass is 32.1. The van der Waals surface area contributed by atoms with Gasteiger partial charge in [-0.05, 0) is 6.92 Å². The lowest BCUT2D eigenvalue weighted by Crippen LogP contribution is -2.35. The Bertz CT molecular complexity index is 972. The molecule has 146 valence electrons. The number of anilines is 1. The van der Waals surface area contributed by atoms with Crippen molar-refractivity contribution in [1.29, 1.82) is 0 Å². The van der Waals surface area contributed by atoms with Gasteiger partial charge in [0.2, 0.25) is 11.8 Å². The van der Waals surface area contributed by atoms with E-state index in [4.69, 9.17) is 4.74 Å². The number of rotatable bonds is 5. The Hall–Kier alpha value is -2.82. The first kappa shape index (κ1) is 18.5. The summed E-state index contributed by atoms with van der Waals surface area (Å²) in [5, 5.41) is 0. The van der Waals surface area contributed by atoms with Gasteiger partial charge in [-0.1, -0.05) is 0 Å².